The van der Waals surface area contributed by atoms with Crippen LogP contribution >= 0.6 is 0 Å². The third-order valence-corrected chi connectivity index (χ3v) is 5.49. The summed E-state index contributed by atoms with van der Waals surface area (Å²) >= 11 is 0. The molecule has 1 aliphatic carbocycles. The summed E-state index contributed by atoms with van der Waals surface area (Å²) in [6.07, 6.45) is 5.84. The van der Waals surface area contributed by atoms with Gasteiger partial charge in [0.2, 0.25) is 5.91 Å². The highest BCUT2D eigenvalue weighted by Gasteiger charge is 2.22. The fraction of sp³-hybridized carbons (Fsp3) is 0.391. The second-order valence-electron chi connectivity index (χ2n) is 7.47. The van der Waals surface area contributed by atoms with E-state index in [1.807, 2.05) is 30.3 Å². The Balaban J connectivity index is 1.23. The monoisotopic (exact) mass is 363 g/mol. The number of aryl methyl sites for hydroxylation is 2. The van der Waals surface area contributed by atoms with Crippen LogP contribution < -0.4 is 10.1 Å². The SMILES string of the molecule is O=C(CCC(=O)c1ccc2c(c1)CCCC2)NCC1Cc2ccccc2O1. The van der Waals surface area contributed by atoms with Gasteiger partial charge in [-0.1, -0.05) is 30.3 Å². The molecule has 4 nitrogen and oxygen atoms in total. The van der Waals surface area contributed by atoms with Crippen LogP contribution in [0.15, 0.2) is 42.5 Å². The summed E-state index contributed by atoms with van der Waals surface area (Å²) in [5.74, 6) is 0.850. The molecule has 0 saturated heterocycles. The molecule has 0 saturated carbocycles. The van der Waals surface area contributed by atoms with Crippen LogP contribution in [-0.2, 0) is 24.1 Å². The zero-order chi connectivity index (χ0) is 18.6. The number of ketones is 1. The molecule has 1 atom stereocenters. The van der Waals surface area contributed by atoms with E-state index in [9.17, 15) is 9.59 Å². The van der Waals surface area contributed by atoms with E-state index >= 15 is 0 Å². The van der Waals surface area contributed by atoms with Crippen LogP contribution in [0.4, 0.5) is 0 Å². The number of ether oxygens (including phenoxy) is 1. The standard InChI is InChI=1S/C23H25NO3/c25-21(18-10-9-16-5-1-2-6-17(16)13-18)11-12-23(26)24-15-20-14-19-7-3-4-8-22(19)27-20/h3-4,7-10,13,20H,1-2,5-6,11-12,14-15H2,(H,24,26). The number of para-hydroxylation sites is 1. The molecule has 0 aromatic heterocycles. The molecule has 1 heterocycles. The van der Waals surface area contributed by atoms with Crippen LogP contribution in [0.25, 0.3) is 0 Å². The van der Waals surface area contributed by atoms with Crippen molar-refractivity contribution in [2.45, 2.75) is 51.0 Å². The summed E-state index contributed by atoms with van der Waals surface area (Å²) in [4.78, 5) is 24.6. The van der Waals surface area contributed by atoms with Crippen molar-refractivity contribution in [2.24, 2.45) is 0 Å². The molecule has 2 aromatic rings. The number of Topliss-reactive ketones (excluding diaryl/α,β-unsaturated/α-hetero) is 1. The highest BCUT2D eigenvalue weighted by atomic mass is 16.5. The Bertz CT molecular complexity index is 833. The maximum Gasteiger partial charge on any atom is 0.220 e. The Morgan fingerprint density at radius 3 is 2.63 bits per heavy atom. The molecule has 1 unspecified atom stereocenters. The Kier molecular flexibility index (Phi) is 5.23. The highest BCUT2D eigenvalue weighted by Crippen LogP contribution is 2.27. The fourth-order valence-corrected chi connectivity index (χ4v) is 3.96. The van der Waals surface area contributed by atoms with Gasteiger partial charge < -0.3 is 10.1 Å². The molecule has 1 N–H and O–H groups in total. The Morgan fingerprint density at radius 2 is 1.78 bits per heavy atom. The van der Waals surface area contributed by atoms with Crippen molar-refractivity contribution < 1.29 is 14.3 Å². The van der Waals surface area contributed by atoms with E-state index in [4.69, 9.17) is 4.74 Å². The van der Waals surface area contributed by atoms with Gasteiger partial charge in [-0.2, -0.15) is 0 Å². The van der Waals surface area contributed by atoms with Crippen molar-refractivity contribution in [3.63, 3.8) is 0 Å². The van der Waals surface area contributed by atoms with Crippen LogP contribution in [0, 0.1) is 0 Å². The van der Waals surface area contributed by atoms with Crippen LogP contribution in [0.2, 0.25) is 0 Å². The van der Waals surface area contributed by atoms with Crippen LogP contribution in [0.3, 0.4) is 0 Å². The first-order chi connectivity index (χ1) is 13.2. The lowest BCUT2D eigenvalue weighted by Crippen LogP contribution is -2.34. The minimum absolute atomic E-state index is 0.0253. The molecule has 140 valence electrons. The van der Waals surface area contributed by atoms with Crippen molar-refractivity contribution in [3.8, 4) is 5.75 Å². The van der Waals surface area contributed by atoms with Crippen molar-refractivity contribution in [2.75, 3.05) is 6.54 Å². The molecule has 0 fully saturated rings. The molecule has 4 rings (SSSR count). The minimum atomic E-state index is -0.0964. The summed E-state index contributed by atoms with van der Waals surface area (Å²) in [5.41, 5.74) is 4.58. The average molecular weight is 363 g/mol. The largest absolute Gasteiger partial charge is 0.488 e. The Labute approximate surface area is 159 Å². The zero-order valence-corrected chi connectivity index (χ0v) is 15.5. The molecule has 2 aliphatic rings. The van der Waals surface area contributed by atoms with E-state index in [0.29, 0.717) is 6.54 Å². The van der Waals surface area contributed by atoms with Crippen molar-refractivity contribution in [1.82, 2.24) is 5.32 Å². The quantitative estimate of drug-likeness (QED) is 0.797. The number of hydrogen-bond donors (Lipinski definition) is 1. The third-order valence-electron chi connectivity index (χ3n) is 5.49. The maximum atomic E-state index is 12.4. The predicted octanol–water partition coefficient (Wildman–Crippen LogP) is 3.65. The number of carbonyl (C=O) groups excluding carboxylic acids is 2. The summed E-state index contributed by atoms with van der Waals surface area (Å²) in [7, 11) is 0. The topological polar surface area (TPSA) is 55.4 Å². The number of benzene rings is 2. The van der Waals surface area contributed by atoms with Gasteiger partial charge in [-0.3, -0.25) is 9.59 Å². The average Bonchev–Trinajstić information content (AvgIpc) is 3.13. The number of nitrogens with one attached hydrogen (secondary N) is 1. The molecule has 27 heavy (non-hydrogen) atoms. The van der Waals surface area contributed by atoms with Crippen molar-refractivity contribution >= 4 is 11.7 Å². The Hall–Kier alpha value is -2.62. The van der Waals surface area contributed by atoms with Gasteiger partial charge in [-0.05, 0) is 54.5 Å². The first kappa shape index (κ1) is 17.8. The minimum Gasteiger partial charge on any atom is -0.488 e. The maximum absolute atomic E-state index is 12.4. The van der Waals surface area contributed by atoms with E-state index < -0.39 is 0 Å². The van der Waals surface area contributed by atoms with Crippen LogP contribution in [0.5, 0.6) is 5.75 Å². The predicted molar refractivity (Wildman–Crippen MR) is 104 cm³/mol. The van der Waals surface area contributed by atoms with E-state index in [1.54, 1.807) is 0 Å². The molecule has 0 radical (unpaired) electrons. The molecule has 2 aromatic carbocycles. The Morgan fingerprint density at radius 1 is 0.963 bits per heavy atom. The van der Waals surface area contributed by atoms with Gasteiger partial charge in [0.15, 0.2) is 5.78 Å². The first-order valence-corrected chi connectivity index (χ1v) is 9.85. The highest BCUT2D eigenvalue weighted by molar-refractivity contribution is 5.98. The molecular formula is C23H25NO3. The third kappa shape index (κ3) is 4.21. The number of amides is 1. The number of fused-ring (bicyclic) bond motifs is 2. The van der Waals surface area contributed by atoms with Crippen LogP contribution in [-0.4, -0.2) is 24.3 Å². The second-order valence-corrected chi connectivity index (χ2v) is 7.47. The van der Waals surface area contributed by atoms with Crippen molar-refractivity contribution in [3.05, 3.63) is 64.7 Å². The lowest BCUT2D eigenvalue weighted by atomic mass is 9.89. The summed E-state index contributed by atoms with van der Waals surface area (Å²) < 4.78 is 5.82. The lowest BCUT2D eigenvalue weighted by Gasteiger charge is -2.16. The van der Waals surface area contributed by atoms with Gasteiger partial charge in [-0.25, -0.2) is 0 Å². The van der Waals surface area contributed by atoms with Gasteiger partial charge in [0.05, 0.1) is 6.54 Å². The molecule has 0 bridgehead atoms. The van der Waals surface area contributed by atoms with Gasteiger partial charge in [0.25, 0.3) is 0 Å². The fourth-order valence-electron chi connectivity index (χ4n) is 3.96. The zero-order valence-electron chi connectivity index (χ0n) is 15.5. The second kappa shape index (κ2) is 7.95. The van der Waals surface area contributed by atoms with Gasteiger partial charge in [0.1, 0.15) is 11.9 Å². The van der Waals surface area contributed by atoms with E-state index in [0.717, 1.165) is 30.6 Å². The smallest absolute Gasteiger partial charge is 0.220 e. The summed E-state index contributed by atoms with van der Waals surface area (Å²) in [5, 5.41) is 2.90. The molecule has 1 aliphatic heterocycles. The summed E-state index contributed by atoms with van der Waals surface area (Å²) in [6, 6.07) is 14.0. The number of carbonyl (C=O) groups is 2. The molecule has 4 heteroatoms. The van der Waals surface area contributed by atoms with E-state index in [-0.39, 0.29) is 30.6 Å². The van der Waals surface area contributed by atoms with Gasteiger partial charge in [-0.15, -0.1) is 0 Å². The number of rotatable bonds is 6. The normalized spacial score (nSPS) is 17.6. The first-order valence-electron chi connectivity index (χ1n) is 9.85. The van der Waals surface area contributed by atoms with Crippen molar-refractivity contribution in [1.29, 1.82) is 0 Å². The molecule has 0 spiro atoms. The molecule has 1 amide bonds. The lowest BCUT2D eigenvalue weighted by molar-refractivity contribution is -0.121. The van der Waals surface area contributed by atoms with E-state index in [1.165, 1.54) is 29.5 Å². The molecular weight excluding hydrogens is 338 g/mol. The van der Waals surface area contributed by atoms with Crippen LogP contribution in [0.1, 0.15) is 52.7 Å². The van der Waals surface area contributed by atoms with E-state index in [2.05, 4.69) is 17.4 Å². The summed E-state index contributed by atoms with van der Waals surface area (Å²) in [6.45, 7) is 0.473. The van der Waals surface area contributed by atoms with Gasteiger partial charge in [0, 0.05) is 24.8 Å². The number of hydrogen-bond acceptors (Lipinski definition) is 3. The van der Waals surface area contributed by atoms with Gasteiger partial charge >= 0.3 is 0 Å².